The minimum absolute atomic E-state index is 0. The van der Waals surface area contributed by atoms with Crippen molar-refractivity contribution < 1.29 is 9.47 Å². The summed E-state index contributed by atoms with van der Waals surface area (Å²) in [6, 6.07) is 12.0. The standard InChI is InChI=1S/C24H35N5O2.HI/c1-19-7-4-5-15-29(19)16-6-14-26-24(25-2)28-18-20-8-13-23(27-17-20)31-22-11-9-21(30-3)10-12-22;/h8-13,17,19H,4-7,14-16,18H2,1-3H3,(H2,25,26,28);1H. The van der Waals surface area contributed by atoms with E-state index in [2.05, 4.69) is 32.4 Å². The highest BCUT2D eigenvalue weighted by Gasteiger charge is 2.17. The second-order valence-corrected chi connectivity index (χ2v) is 7.87. The van der Waals surface area contributed by atoms with Gasteiger partial charge in [0.1, 0.15) is 11.5 Å². The molecule has 1 atom stereocenters. The number of aromatic nitrogens is 1. The molecule has 2 heterocycles. The van der Waals surface area contributed by atoms with Gasteiger partial charge >= 0.3 is 0 Å². The van der Waals surface area contributed by atoms with E-state index in [-0.39, 0.29) is 24.0 Å². The number of guanidine groups is 1. The molecular weight excluding hydrogens is 517 g/mol. The van der Waals surface area contributed by atoms with Crippen LogP contribution >= 0.6 is 24.0 Å². The van der Waals surface area contributed by atoms with E-state index >= 15 is 0 Å². The molecule has 1 aromatic carbocycles. The molecule has 0 radical (unpaired) electrons. The summed E-state index contributed by atoms with van der Waals surface area (Å²) >= 11 is 0. The number of hydrogen-bond donors (Lipinski definition) is 2. The fraction of sp³-hybridized carbons (Fsp3) is 0.500. The van der Waals surface area contributed by atoms with Crippen molar-refractivity contribution in [1.29, 1.82) is 0 Å². The molecule has 2 aromatic rings. The number of methoxy groups -OCH3 is 1. The highest BCUT2D eigenvalue weighted by Crippen LogP contribution is 2.22. The number of hydrogen-bond acceptors (Lipinski definition) is 5. The quantitative estimate of drug-likeness (QED) is 0.207. The minimum Gasteiger partial charge on any atom is -0.497 e. The number of nitrogens with zero attached hydrogens (tertiary/aromatic N) is 3. The lowest BCUT2D eigenvalue weighted by Gasteiger charge is -2.33. The van der Waals surface area contributed by atoms with E-state index in [1.54, 1.807) is 14.2 Å². The summed E-state index contributed by atoms with van der Waals surface area (Å²) in [6.07, 6.45) is 6.96. The summed E-state index contributed by atoms with van der Waals surface area (Å²) in [5, 5.41) is 6.75. The van der Waals surface area contributed by atoms with Gasteiger partial charge in [-0.3, -0.25) is 4.99 Å². The predicted octanol–water partition coefficient (Wildman–Crippen LogP) is 4.43. The van der Waals surface area contributed by atoms with Crippen LogP contribution in [0.3, 0.4) is 0 Å². The van der Waals surface area contributed by atoms with E-state index in [1.165, 1.54) is 25.8 Å². The molecule has 0 saturated carbocycles. The molecule has 0 bridgehead atoms. The SMILES string of the molecule is CN=C(NCCCN1CCCCC1C)NCc1ccc(Oc2ccc(OC)cc2)nc1.I. The van der Waals surface area contributed by atoms with Gasteiger partial charge < -0.3 is 25.0 Å². The summed E-state index contributed by atoms with van der Waals surface area (Å²) in [7, 11) is 3.44. The first kappa shape index (κ1) is 26.2. The molecule has 1 aliphatic rings. The fourth-order valence-corrected chi connectivity index (χ4v) is 3.73. The van der Waals surface area contributed by atoms with Gasteiger partial charge in [0.05, 0.1) is 7.11 Å². The number of rotatable bonds is 9. The van der Waals surface area contributed by atoms with Gasteiger partial charge in [-0.1, -0.05) is 12.5 Å². The molecule has 1 unspecified atom stereocenters. The van der Waals surface area contributed by atoms with E-state index in [9.17, 15) is 0 Å². The molecule has 1 saturated heterocycles. The summed E-state index contributed by atoms with van der Waals surface area (Å²) in [4.78, 5) is 11.3. The Hall–Kier alpha value is -2.07. The van der Waals surface area contributed by atoms with Crippen molar-refractivity contribution in [3.63, 3.8) is 0 Å². The number of pyridine rings is 1. The van der Waals surface area contributed by atoms with Gasteiger partial charge in [-0.15, -0.1) is 24.0 Å². The first-order valence-corrected chi connectivity index (χ1v) is 11.1. The summed E-state index contributed by atoms with van der Waals surface area (Å²) < 4.78 is 10.9. The van der Waals surface area contributed by atoms with E-state index in [0.717, 1.165) is 48.6 Å². The molecule has 2 N–H and O–H groups in total. The van der Waals surface area contributed by atoms with Gasteiger partial charge in [0.2, 0.25) is 5.88 Å². The number of benzene rings is 1. The van der Waals surface area contributed by atoms with Gasteiger partial charge in [-0.2, -0.15) is 0 Å². The highest BCUT2D eigenvalue weighted by molar-refractivity contribution is 14.0. The third-order valence-electron chi connectivity index (χ3n) is 5.62. The van der Waals surface area contributed by atoms with Crippen LogP contribution in [0.2, 0.25) is 0 Å². The maximum absolute atomic E-state index is 5.78. The lowest BCUT2D eigenvalue weighted by atomic mass is 10.0. The largest absolute Gasteiger partial charge is 0.497 e. The maximum atomic E-state index is 5.78. The first-order chi connectivity index (χ1) is 15.2. The van der Waals surface area contributed by atoms with Crippen LogP contribution in [-0.4, -0.2) is 55.7 Å². The molecule has 0 amide bonds. The number of piperidine rings is 1. The Bertz CT molecular complexity index is 814. The fourth-order valence-electron chi connectivity index (χ4n) is 3.73. The number of ether oxygens (including phenoxy) is 2. The molecule has 0 spiro atoms. The molecular formula is C24H36IN5O2. The highest BCUT2D eigenvalue weighted by atomic mass is 127. The summed E-state index contributed by atoms with van der Waals surface area (Å²) in [5.41, 5.74) is 1.06. The van der Waals surface area contributed by atoms with Crippen LogP contribution < -0.4 is 20.1 Å². The van der Waals surface area contributed by atoms with Gasteiger partial charge in [0, 0.05) is 45.0 Å². The molecule has 32 heavy (non-hydrogen) atoms. The second-order valence-electron chi connectivity index (χ2n) is 7.87. The zero-order chi connectivity index (χ0) is 21.9. The summed E-state index contributed by atoms with van der Waals surface area (Å²) in [6.45, 7) is 6.28. The average Bonchev–Trinajstić information content (AvgIpc) is 2.81. The van der Waals surface area contributed by atoms with E-state index < -0.39 is 0 Å². The Balaban J connectivity index is 0.00000363. The van der Waals surface area contributed by atoms with Crippen molar-refractivity contribution in [2.75, 3.05) is 33.8 Å². The molecule has 3 rings (SSSR count). The number of halogens is 1. The zero-order valence-electron chi connectivity index (χ0n) is 19.3. The van der Waals surface area contributed by atoms with Gasteiger partial charge in [-0.25, -0.2) is 4.98 Å². The zero-order valence-corrected chi connectivity index (χ0v) is 21.7. The minimum atomic E-state index is 0. The third kappa shape index (κ3) is 8.46. The Morgan fingerprint density at radius 1 is 1.12 bits per heavy atom. The van der Waals surface area contributed by atoms with Crippen LogP contribution in [-0.2, 0) is 6.54 Å². The first-order valence-electron chi connectivity index (χ1n) is 11.1. The molecule has 1 aliphatic heterocycles. The van der Waals surface area contributed by atoms with Crippen LogP contribution in [0.1, 0.15) is 38.2 Å². The van der Waals surface area contributed by atoms with Gasteiger partial charge in [-0.05, 0) is 62.6 Å². The molecule has 1 aromatic heterocycles. The van der Waals surface area contributed by atoms with Crippen LogP contribution in [0, 0.1) is 0 Å². The predicted molar refractivity (Wildman–Crippen MR) is 140 cm³/mol. The number of likely N-dealkylation sites (tertiary alicyclic amines) is 1. The second kappa shape index (κ2) is 14.2. The van der Waals surface area contributed by atoms with Crippen molar-refractivity contribution in [3.05, 3.63) is 48.2 Å². The van der Waals surface area contributed by atoms with Crippen LogP contribution in [0.5, 0.6) is 17.4 Å². The Labute approximate surface area is 209 Å². The lowest BCUT2D eigenvalue weighted by molar-refractivity contribution is 0.159. The molecule has 176 valence electrons. The van der Waals surface area contributed by atoms with Crippen LogP contribution in [0.25, 0.3) is 0 Å². The van der Waals surface area contributed by atoms with E-state index in [4.69, 9.17) is 9.47 Å². The topological polar surface area (TPSA) is 71.0 Å². The van der Waals surface area contributed by atoms with Crippen molar-refractivity contribution in [1.82, 2.24) is 20.5 Å². The normalized spacial score (nSPS) is 16.7. The van der Waals surface area contributed by atoms with Crippen LogP contribution in [0.15, 0.2) is 47.6 Å². The average molecular weight is 553 g/mol. The van der Waals surface area contributed by atoms with E-state index in [1.807, 2.05) is 42.6 Å². The van der Waals surface area contributed by atoms with Gasteiger partial charge in [0.25, 0.3) is 0 Å². The van der Waals surface area contributed by atoms with Crippen molar-refractivity contribution in [2.45, 2.75) is 45.2 Å². The summed E-state index contributed by atoms with van der Waals surface area (Å²) in [5.74, 6) is 2.89. The molecule has 7 nitrogen and oxygen atoms in total. The third-order valence-corrected chi connectivity index (χ3v) is 5.62. The molecule has 8 heteroatoms. The van der Waals surface area contributed by atoms with E-state index in [0.29, 0.717) is 12.4 Å². The number of nitrogens with one attached hydrogen (secondary N) is 2. The Morgan fingerprint density at radius 2 is 1.91 bits per heavy atom. The van der Waals surface area contributed by atoms with Crippen molar-refractivity contribution in [3.8, 4) is 17.4 Å². The lowest BCUT2D eigenvalue weighted by Crippen LogP contribution is -2.41. The smallest absolute Gasteiger partial charge is 0.219 e. The maximum Gasteiger partial charge on any atom is 0.219 e. The van der Waals surface area contributed by atoms with Crippen LogP contribution in [0.4, 0.5) is 0 Å². The molecule has 1 fully saturated rings. The molecule has 0 aliphatic carbocycles. The Kier molecular flexibility index (Phi) is 11.6. The monoisotopic (exact) mass is 553 g/mol. The number of aliphatic imine (C=N–C) groups is 1. The van der Waals surface area contributed by atoms with Crippen molar-refractivity contribution >= 4 is 29.9 Å². The van der Waals surface area contributed by atoms with Crippen molar-refractivity contribution in [2.24, 2.45) is 4.99 Å². The van der Waals surface area contributed by atoms with Gasteiger partial charge in [0.15, 0.2) is 5.96 Å². The Morgan fingerprint density at radius 3 is 2.56 bits per heavy atom.